The van der Waals surface area contributed by atoms with Crippen LogP contribution >= 0.6 is 11.8 Å². The van der Waals surface area contributed by atoms with E-state index in [0.717, 1.165) is 12.0 Å². The highest BCUT2D eigenvalue weighted by molar-refractivity contribution is 7.99. The lowest BCUT2D eigenvalue weighted by Gasteiger charge is -2.08. The second-order valence-corrected chi connectivity index (χ2v) is 8.10. The number of carbonyl (C=O) groups excluding carboxylic acids is 2. The molecular weight excluding hydrogens is 414 g/mol. The Balaban J connectivity index is 1.47. The van der Waals surface area contributed by atoms with Gasteiger partial charge < -0.3 is 14.5 Å². The first-order chi connectivity index (χ1) is 14.9. The minimum atomic E-state index is -0.392. The molecule has 31 heavy (non-hydrogen) atoms. The third kappa shape index (κ3) is 6.96. The van der Waals surface area contributed by atoms with Gasteiger partial charge in [-0.25, -0.2) is 4.79 Å². The number of hydrogen-bond donors (Lipinski definition) is 1. The number of nitrogens with one attached hydrogen (secondary N) is 1. The topological polar surface area (TPSA) is 94.3 Å². The SMILES string of the molecule is CCc1ccc(Cc2nnc(SCC(=O)Nc3ccc(C(=O)OC(C)C)cc3)o2)cc1. The van der Waals surface area contributed by atoms with Gasteiger partial charge in [-0.15, -0.1) is 10.2 Å². The summed E-state index contributed by atoms with van der Waals surface area (Å²) in [4.78, 5) is 24.1. The van der Waals surface area contributed by atoms with Crippen LogP contribution in [0.3, 0.4) is 0 Å². The van der Waals surface area contributed by atoms with Crippen molar-refractivity contribution >= 4 is 29.3 Å². The molecule has 3 rings (SSSR count). The maximum absolute atomic E-state index is 12.2. The number of amides is 1. The Hall–Kier alpha value is -3.13. The Morgan fingerprint density at radius 2 is 1.71 bits per heavy atom. The second kappa shape index (κ2) is 10.8. The predicted molar refractivity (Wildman–Crippen MR) is 119 cm³/mol. The number of benzene rings is 2. The standard InChI is InChI=1S/C23H25N3O4S/c1-4-16-5-7-17(8-6-16)13-21-25-26-23(30-21)31-14-20(27)24-19-11-9-18(10-12-19)22(28)29-15(2)3/h5-12,15H,4,13-14H2,1-3H3,(H,24,27). The van der Waals surface area contributed by atoms with Crippen molar-refractivity contribution in [3.63, 3.8) is 0 Å². The van der Waals surface area contributed by atoms with E-state index in [2.05, 4.69) is 46.7 Å². The van der Waals surface area contributed by atoms with Crippen molar-refractivity contribution in [3.05, 3.63) is 71.1 Å². The van der Waals surface area contributed by atoms with Crippen LogP contribution in [-0.4, -0.2) is 33.9 Å². The first-order valence-electron chi connectivity index (χ1n) is 10.1. The number of hydrogen-bond acceptors (Lipinski definition) is 7. The van der Waals surface area contributed by atoms with Gasteiger partial charge in [-0.05, 0) is 55.7 Å². The summed E-state index contributed by atoms with van der Waals surface area (Å²) in [6, 6.07) is 14.8. The van der Waals surface area contributed by atoms with E-state index in [-0.39, 0.29) is 17.8 Å². The lowest BCUT2D eigenvalue weighted by Crippen LogP contribution is -2.14. The molecule has 1 aromatic heterocycles. The van der Waals surface area contributed by atoms with Crippen molar-refractivity contribution in [2.45, 2.75) is 44.9 Å². The van der Waals surface area contributed by atoms with Gasteiger partial charge in [-0.1, -0.05) is 43.0 Å². The van der Waals surface area contributed by atoms with Crippen LogP contribution in [-0.2, 0) is 22.4 Å². The van der Waals surface area contributed by atoms with Gasteiger partial charge in [0.05, 0.1) is 23.8 Å². The molecule has 0 spiro atoms. The molecular formula is C23H25N3O4S. The average molecular weight is 440 g/mol. The van der Waals surface area contributed by atoms with E-state index >= 15 is 0 Å². The van der Waals surface area contributed by atoms with E-state index in [0.29, 0.717) is 28.8 Å². The minimum absolute atomic E-state index is 0.129. The fraction of sp³-hybridized carbons (Fsp3) is 0.304. The van der Waals surface area contributed by atoms with Crippen LogP contribution in [0.4, 0.5) is 5.69 Å². The summed E-state index contributed by atoms with van der Waals surface area (Å²) < 4.78 is 10.8. The van der Waals surface area contributed by atoms with Gasteiger partial charge in [0.2, 0.25) is 11.8 Å². The largest absolute Gasteiger partial charge is 0.459 e. The van der Waals surface area contributed by atoms with Crippen molar-refractivity contribution < 1.29 is 18.7 Å². The molecule has 162 valence electrons. The van der Waals surface area contributed by atoms with Crippen molar-refractivity contribution in [2.24, 2.45) is 0 Å². The molecule has 0 atom stereocenters. The highest BCUT2D eigenvalue weighted by atomic mass is 32.2. The fourth-order valence-electron chi connectivity index (χ4n) is 2.73. The average Bonchev–Trinajstić information content (AvgIpc) is 3.20. The third-order valence-corrected chi connectivity index (χ3v) is 5.13. The van der Waals surface area contributed by atoms with Crippen molar-refractivity contribution in [2.75, 3.05) is 11.1 Å². The Kier molecular flexibility index (Phi) is 7.83. The molecule has 3 aromatic rings. The maximum Gasteiger partial charge on any atom is 0.338 e. The van der Waals surface area contributed by atoms with Crippen LogP contribution in [0.1, 0.15) is 48.1 Å². The third-order valence-electron chi connectivity index (χ3n) is 4.31. The molecule has 1 amide bonds. The number of aromatic nitrogens is 2. The molecule has 7 nitrogen and oxygen atoms in total. The van der Waals surface area contributed by atoms with Crippen LogP contribution in [0.2, 0.25) is 0 Å². The van der Waals surface area contributed by atoms with Gasteiger partial charge in [0.1, 0.15) is 0 Å². The lowest BCUT2D eigenvalue weighted by molar-refractivity contribution is -0.113. The molecule has 0 fully saturated rings. The van der Waals surface area contributed by atoms with E-state index in [1.54, 1.807) is 38.1 Å². The Morgan fingerprint density at radius 1 is 1.03 bits per heavy atom. The molecule has 0 saturated carbocycles. The molecule has 0 aliphatic heterocycles. The Labute approximate surface area is 185 Å². The fourth-order valence-corrected chi connectivity index (χ4v) is 3.31. The van der Waals surface area contributed by atoms with E-state index in [1.807, 2.05) is 0 Å². The number of ether oxygens (including phenoxy) is 1. The number of esters is 1. The molecule has 0 aliphatic carbocycles. The summed E-state index contributed by atoms with van der Waals surface area (Å²) in [5.74, 6) is 0.0367. The monoisotopic (exact) mass is 439 g/mol. The van der Waals surface area contributed by atoms with Gasteiger partial charge in [0, 0.05) is 5.69 Å². The molecule has 2 aromatic carbocycles. The molecule has 1 heterocycles. The molecule has 0 saturated heterocycles. The molecule has 0 aliphatic rings. The number of anilines is 1. The highest BCUT2D eigenvalue weighted by Crippen LogP contribution is 2.19. The summed E-state index contributed by atoms with van der Waals surface area (Å²) in [6.07, 6.45) is 1.36. The van der Waals surface area contributed by atoms with E-state index in [1.165, 1.54) is 17.3 Å². The van der Waals surface area contributed by atoms with Gasteiger partial charge in [-0.3, -0.25) is 4.79 Å². The van der Waals surface area contributed by atoms with Crippen LogP contribution < -0.4 is 5.32 Å². The number of rotatable bonds is 9. The summed E-state index contributed by atoms with van der Waals surface area (Å²) >= 11 is 1.17. The van der Waals surface area contributed by atoms with E-state index < -0.39 is 5.97 Å². The Bertz CT molecular complexity index is 1010. The van der Waals surface area contributed by atoms with Crippen LogP contribution in [0.25, 0.3) is 0 Å². The number of thioether (sulfide) groups is 1. The van der Waals surface area contributed by atoms with Crippen LogP contribution in [0.5, 0.6) is 0 Å². The normalized spacial score (nSPS) is 10.8. The van der Waals surface area contributed by atoms with Crippen molar-refractivity contribution in [3.8, 4) is 0 Å². The molecule has 0 unspecified atom stereocenters. The first kappa shape index (κ1) is 22.6. The molecule has 0 radical (unpaired) electrons. The summed E-state index contributed by atoms with van der Waals surface area (Å²) in [7, 11) is 0. The molecule has 8 heteroatoms. The van der Waals surface area contributed by atoms with Crippen molar-refractivity contribution in [1.82, 2.24) is 10.2 Å². The van der Waals surface area contributed by atoms with Gasteiger partial charge in [0.25, 0.3) is 5.22 Å². The number of nitrogens with zero attached hydrogens (tertiary/aromatic N) is 2. The summed E-state index contributed by atoms with van der Waals surface area (Å²) in [5.41, 5.74) is 3.40. The van der Waals surface area contributed by atoms with E-state index in [9.17, 15) is 9.59 Å². The second-order valence-electron chi connectivity index (χ2n) is 7.18. The quantitative estimate of drug-likeness (QED) is 0.387. The Morgan fingerprint density at radius 3 is 2.35 bits per heavy atom. The lowest BCUT2D eigenvalue weighted by atomic mass is 10.1. The van der Waals surface area contributed by atoms with Crippen LogP contribution in [0.15, 0.2) is 58.2 Å². The molecule has 1 N–H and O–H groups in total. The number of aryl methyl sites for hydroxylation is 1. The highest BCUT2D eigenvalue weighted by Gasteiger charge is 2.12. The first-order valence-corrected chi connectivity index (χ1v) is 11.1. The van der Waals surface area contributed by atoms with Crippen LogP contribution in [0, 0.1) is 0 Å². The number of carbonyl (C=O) groups is 2. The van der Waals surface area contributed by atoms with E-state index in [4.69, 9.17) is 9.15 Å². The van der Waals surface area contributed by atoms with Gasteiger partial charge in [0.15, 0.2) is 0 Å². The summed E-state index contributed by atoms with van der Waals surface area (Å²) in [5, 5.41) is 11.2. The van der Waals surface area contributed by atoms with Gasteiger partial charge in [-0.2, -0.15) is 0 Å². The van der Waals surface area contributed by atoms with Gasteiger partial charge >= 0.3 is 5.97 Å². The minimum Gasteiger partial charge on any atom is -0.459 e. The maximum atomic E-state index is 12.2. The zero-order valence-corrected chi connectivity index (χ0v) is 18.6. The zero-order valence-electron chi connectivity index (χ0n) is 17.8. The predicted octanol–water partition coefficient (Wildman–Crippen LogP) is 4.52. The summed E-state index contributed by atoms with van der Waals surface area (Å²) in [6.45, 7) is 5.70. The van der Waals surface area contributed by atoms with Crippen molar-refractivity contribution in [1.29, 1.82) is 0 Å². The smallest absolute Gasteiger partial charge is 0.338 e. The molecule has 0 bridgehead atoms. The zero-order chi connectivity index (χ0) is 22.2.